The van der Waals surface area contributed by atoms with Crippen LogP contribution >= 0.6 is 0 Å². The molecule has 14 heavy (non-hydrogen) atoms. The van der Waals surface area contributed by atoms with Gasteiger partial charge in [0.05, 0.1) is 0 Å². The first-order valence-corrected chi connectivity index (χ1v) is 5.18. The molecule has 0 aromatic rings. The van der Waals surface area contributed by atoms with Crippen LogP contribution in [0.4, 0.5) is 0 Å². The monoisotopic (exact) mass is 274 g/mol. The van der Waals surface area contributed by atoms with Crippen molar-refractivity contribution in [2.45, 2.75) is 65.4 Å². The van der Waals surface area contributed by atoms with Gasteiger partial charge in [-0.1, -0.05) is 59.8 Å². The van der Waals surface area contributed by atoms with E-state index < -0.39 is 5.60 Å². The van der Waals surface area contributed by atoms with Crippen LogP contribution in [-0.2, 0) is 0 Å². The van der Waals surface area contributed by atoms with Crippen LogP contribution in [0.3, 0.4) is 0 Å². The molecule has 0 saturated carbocycles. The van der Waals surface area contributed by atoms with Gasteiger partial charge in [0.15, 0.2) is 0 Å². The van der Waals surface area contributed by atoms with Crippen molar-refractivity contribution in [1.29, 1.82) is 0 Å². The largest absolute Gasteiger partial charge is 2.00 e. The Labute approximate surface area is 116 Å². The van der Waals surface area contributed by atoms with Gasteiger partial charge in [0.25, 0.3) is 0 Å². The molecule has 0 aliphatic rings. The van der Waals surface area contributed by atoms with E-state index in [1.807, 2.05) is 6.92 Å². The second kappa shape index (κ2) is 10.7. The van der Waals surface area contributed by atoms with Crippen molar-refractivity contribution in [3.8, 4) is 0 Å². The Morgan fingerprint density at radius 3 is 2.07 bits per heavy atom. The van der Waals surface area contributed by atoms with Gasteiger partial charge in [-0.15, -0.1) is 5.60 Å². The van der Waals surface area contributed by atoms with Crippen LogP contribution in [0.1, 0.15) is 59.8 Å². The molecule has 0 aliphatic carbocycles. The molecule has 1 nitrogen and oxygen atoms in total. The molecule has 0 heterocycles. The summed E-state index contributed by atoms with van der Waals surface area (Å²) in [6.45, 7) is 8.26. The van der Waals surface area contributed by atoms with Crippen molar-refractivity contribution in [2.75, 3.05) is 0 Å². The van der Waals surface area contributed by atoms with E-state index >= 15 is 0 Å². The number of rotatable bonds is 6. The Morgan fingerprint density at radius 2 is 1.71 bits per heavy atom. The average molecular weight is 276 g/mol. The molecule has 0 rings (SSSR count). The summed E-state index contributed by atoms with van der Waals surface area (Å²) in [7, 11) is 0. The van der Waals surface area contributed by atoms with Crippen molar-refractivity contribution in [1.82, 2.24) is 0 Å². The van der Waals surface area contributed by atoms with Crippen LogP contribution in [0.15, 0.2) is 0 Å². The van der Waals surface area contributed by atoms with Crippen molar-refractivity contribution in [3.05, 3.63) is 0 Å². The third-order valence-corrected chi connectivity index (χ3v) is 2.15. The van der Waals surface area contributed by atoms with Gasteiger partial charge in [0, 0.05) is 0 Å². The van der Waals surface area contributed by atoms with E-state index in [2.05, 4.69) is 20.8 Å². The molecule has 1 unspecified atom stereocenters. The first-order valence-electron chi connectivity index (χ1n) is 5.18. The van der Waals surface area contributed by atoms with Crippen molar-refractivity contribution < 1.29 is 22.1 Å². The second-order valence-electron chi connectivity index (χ2n) is 4.50. The van der Waals surface area contributed by atoms with Crippen LogP contribution < -0.4 is 22.1 Å². The smallest absolute Gasteiger partial charge is 1.00 e. The first kappa shape index (κ1) is 20.6. The third kappa shape index (κ3) is 13.2. The van der Waals surface area contributed by atoms with E-state index in [0.29, 0.717) is 5.92 Å². The summed E-state index contributed by atoms with van der Waals surface area (Å²) in [4.78, 5) is 0. The average Bonchev–Trinajstić information content (AvgIpc) is 1.84. The Hall–Kier alpha value is 1.21. The second-order valence-corrected chi connectivity index (χ2v) is 4.50. The molecule has 0 aromatic carbocycles. The summed E-state index contributed by atoms with van der Waals surface area (Å²) in [5, 5.41) is 11.8. The molecule has 0 radical (unpaired) electrons. The van der Waals surface area contributed by atoms with Crippen LogP contribution in [0, 0.1) is 5.92 Å². The summed E-state index contributed by atoms with van der Waals surface area (Å²) in [6.07, 6.45) is 5.17. The van der Waals surface area contributed by atoms with Gasteiger partial charge >= 0.3 is 23.1 Å². The van der Waals surface area contributed by atoms with Gasteiger partial charge in [-0.3, -0.25) is 0 Å². The summed E-state index contributed by atoms with van der Waals surface area (Å²) in [6, 6.07) is 0. The van der Waals surface area contributed by atoms with Crippen molar-refractivity contribution in [3.63, 3.8) is 0 Å². The normalized spacial score (nSPS) is 14.1. The molecule has 0 fully saturated rings. The molecule has 0 amide bonds. The number of hydrogen-bond donors (Lipinski definition) is 0. The Bertz CT molecular complexity index is 116. The standard InChI is InChI=1S/C11H23O.BrH.Mg/c1-5-6-7-8-11(4,12)9-10(2)3;;/h10H,5-9H2,1-4H3;1H;/q-1;;+2/p-1. The fraction of sp³-hybridized carbons (Fsp3) is 1.00. The molecule has 82 valence electrons. The Kier molecular flexibility index (Phi) is 15.8. The minimum atomic E-state index is -0.677. The van der Waals surface area contributed by atoms with Gasteiger partial charge in [-0.25, -0.2) is 0 Å². The fourth-order valence-corrected chi connectivity index (χ4v) is 1.71. The van der Waals surface area contributed by atoms with Crippen LogP contribution in [-0.4, -0.2) is 28.7 Å². The zero-order valence-electron chi connectivity index (χ0n) is 10.1. The zero-order valence-corrected chi connectivity index (χ0v) is 13.1. The topological polar surface area (TPSA) is 23.1 Å². The molecule has 0 bridgehead atoms. The minimum Gasteiger partial charge on any atom is -1.00 e. The van der Waals surface area contributed by atoms with E-state index in [4.69, 9.17) is 0 Å². The maximum absolute atomic E-state index is 11.8. The molecule has 0 N–H and O–H groups in total. The van der Waals surface area contributed by atoms with Crippen LogP contribution in [0.25, 0.3) is 0 Å². The number of hydrogen-bond acceptors (Lipinski definition) is 1. The van der Waals surface area contributed by atoms with Gasteiger partial charge < -0.3 is 22.1 Å². The summed E-state index contributed by atoms with van der Waals surface area (Å²) >= 11 is 0. The molecule has 1 atom stereocenters. The van der Waals surface area contributed by atoms with E-state index in [1.54, 1.807) is 0 Å². The SMILES string of the molecule is CCCCCC(C)([O-])CC(C)C.[Br-].[Mg+2]. The molecule has 0 aliphatic heterocycles. The molecule has 0 spiro atoms. The predicted octanol–water partition coefficient (Wildman–Crippen LogP) is -0.645. The molecule has 3 heteroatoms. The van der Waals surface area contributed by atoms with Gasteiger partial charge in [0.1, 0.15) is 0 Å². The molecular weight excluding hydrogens is 252 g/mol. The summed E-state index contributed by atoms with van der Waals surface area (Å²) in [5.41, 5.74) is -0.677. The third-order valence-electron chi connectivity index (χ3n) is 2.15. The van der Waals surface area contributed by atoms with Gasteiger partial charge in [-0.2, -0.15) is 0 Å². The van der Waals surface area contributed by atoms with Crippen molar-refractivity contribution >= 4 is 23.1 Å². The number of halogens is 1. The van der Waals surface area contributed by atoms with E-state index in [1.165, 1.54) is 12.8 Å². The summed E-state index contributed by atoms with van der Waals surface area (Å²) in [5.74, 6) is 0.536. The summed E-state index contributed by atoms with van der Waals surface area (Å²) < 4.78 is 0. The fourth-order valence-electron chi connectivity index (χ4n) is 1.71. The van der Waals surface area contributed by atoms with E-state index in [-0.39, 0.29) is 40.0 Å². The molecule has 0 aromatic heterocycles. The zero-order chi connectivity index (χ0) is 9.61. The minimum absolute atomic E-state index is 0. The van der Waals surface area contributed by atoms with Gasteiger partial charge in [-0.05, 0) is 5.92 Å². The van der Waals surface area contributed by atoms with E-state index in [0.717, 1.165) is 19.3 Å². The first-order chi connectivity index (χ1) is 5.48. The van der Waals surface area contributed by atoms with E-state index in [9.17, 15) is 5.11 Å². The van der Waals surface area contributed by atoms with Crippen LogP contribution in [0.2, 0.25) is 0 Å². The molecule has 0 saturated heterocycles. The predicted molar refractivity (Wildman–Crippen MR) is 57.8 cm³/mol. The maximum atomic E-state index is 11.8. The van der Waals surface area contributed by atoms with Gasteiger partial charge in [0.2, 0.25) is 0 Å². The Balaban J connectivity index is -0.000000605. The van der Waals surface area contributed by atoms with Crippen LogP contribution in [0.5, 0.6) is 0 Å². The molecular formula is C11H23BrMgO. The Morgan fingerprint density at radius 1 is 1.21 bits per heavy atom. The maximum Gasteiger partial charge on any atom is 2.00 e. The number of unbranched alkanes of at least 4 members (excludes halogenated alkanes) is 2. The quantitative estimate of drug-likeness (QED) is 0.467. The van der Waals surface area contributed by atoms with Crippen molar-refractivity contribution in [2.24, 2.45) is 5.92 Å².